The van der Waals surface area contributed by atoms with Crippen LogP contribution in [-0.4, -0.2) is 5.97 Å². The Morgan fingerprint density at radius 3 is 1.71 bits per heavy atom. The van der Waals surface area contributed by atoms with Gasteiger partial charge in [0.25, 0.3) is 0 Å². The van der Waals surface area contributed by atoms with Crippen LogP contribution in [0, 0.1) is 0 Å². The van der Waals surface area contributed by atoms with Gasteiger partial charge in [0.15, 0.2) is 0 Å². The van der Waals surface area contributed by atoms with E-state index in [0.29, 0.717) is 17.2 Å². The number of benzene rings is 4. The van der Waals surface area contributed by atoms with Crippen molar-refractivity contribution in [2.24, 2.45) is 0 Å². The normalized spacial score (nSPS) is 11.7. The molecule has 31 heavy (non-hydrogen) atoms. The third-order valence-corrected chi connectivity index (χ3v) is 5.71. The molecule has 0 radical (unpaired) electrons. The lowest BCUT2D eigenvalue weighted by Crippen LogP contribution is -2.10. The van der Waals surface area contributed by atoms with Gasteiger partial charge in [0, 0.05) is 11.1 Å². The second-order valence-electron chi connectivity index (χ2n) is 7.74. The second kappa shape index (κ2) is 9.44. The first kappa shape index (κ1) is 20.6. The molecule has 0 saturated heterocycles. The highest BCUT2D eigenvalue weighted by Gasteiger charge is 2.18. The lowest BCUT2D eigenvalue weighted by atomic mass is 9.97. The Morgan fingerprint density at radius 2 is 1.23 bits per heavy atom. The van der Waals surface area contributed by atoms with Gasteiger partial charge < -0.3 is 4.74 Å². The standard InChI is InChI=1S/C29H26O2/c1-3-21(2)22-17-19-25(20-18-22)29(30)31-28-26(23-11-6-4-7-12-23)15-10-16-27(28)24-13-8-5-9-14-24/h4-21H,3H2,1-2H3. The van der Waals surface area contributed by atoms with E-state index in [0.717, 1.165) is 28.7 Å². The molecule has 0 aliphatic heterocycles. The van der Waals surface area contributed by atoms with Crippen LogP contribution in [0.1, 0.15) is 42.1 Å². The van der Waals surface area contributed by atoms with Crippen LogP contribution < -0.4 is 4.74 Å². The minimum absolute atomic E-state index is 0.351. The van der Waals surface area contributed by atoms with Gasteiger partial charge in [0.05, 0.1) is 5.56 Å². The maximum atomic E-state index is 13.1. The quantitative estimate of drug-likeness (QED) is 0.242. The van der Waals surface area contributed by atoms with Gasteiger partial charge in [-0.25, -0.2) is 4.79 Å². The number of hydrogen-bond donors (Lipinski definition) is 0. The lowest BCUT2D eigenvalue weighted by Gasteiger charge is -2.16. The summed E-state index contributed by atoms with van der Waals surface area (Å²) in [5.74, 6) is 0.695. The molecule has 0 N–H and O–H groups in total. The zero-order valence-corrected chi connectivity index (χ0v) is 17.9. The molecule has 0 aliphatic rings. The van der Waals surface area contributed by atoms with Gasteiger partial charge in [-0.2, -0.15) is 0 Å². The third kappa shape index (κ3) is 4.59. The van der Waals surface area contributed by atoms with E-state index in [9.17, 15) is 4.79 Å². The molecule has 154 valence electrons. The van der Waals surface area contributed by atoms with E-state index in [-0.39, 0.29) is 5.97 Å². The molecule has 0 heterocycles. The molecule has 0 saturated carbocycles. The molecule has 0 aromatic heterocycles. The predicted octanol–water partition coefficient (Wildman–Crippen LogP) is 7.75. The van der Waals surface area contributed by atoms with Crippen LogP contribution in [-0.2, 0) is 0 Å². The number of rotatable bonds is 6. The Bertz CT molecular complexity index is 1090. The number of ether oxygens (including phenoxy) is 1. The number of hydrogen-bond acceptors (Lipinski definition) is 2. The highest BCUT2D eigenvalue weighted by molar-refractivity contribution is 5.94. The van der Waals surface area contributed by atoms with Crippen molar-refractivity contribution in [1.29, 1.82) is 0 Å². The van der Waals surface area contributed by atoms with Crippen LogP contribution >= 0.6 is 0 Å². The van der Waals surface area contributed by atoms with Crippen LogP contribution in [0.2, 0.25) is 0 Å². The maximum Gasteiger partial charge on any atom is 0.343 e. The van der Waals surface area contributed by atoms with Crippen molar-refractivity contribution < 1.29 is 9.53 Å². The van der Waals surface area contributed by atoms with E-state index in [2.05, 4.69) is 13.8 Å². The molecule has 0 amide bonds. The fourth-order valence-electron chi connectivity index (χ4n) is 3.67. The van der Waals surface area contributed by atoms with E-state index >= 15 is 0 Å². The average Bonchev–Trinajstić information content (AvgIpc) is 2.85. The third-order valence-electron chi connectivity index (χ3n) is 5.71. The fourth-order valence-corrected chi connectivity index (χ4v) is 3.67. The molecule has 4 aromatic rings. The minimum atomic E-state index is -0.351. The highest BCUT2D eigenvalue weighted by Crippen LogP contribution is 2.39. The summed E-state index contributed by atoms with van der Waals surface area (Å²) in [6, 6.07) is 33.8. The summed E-state index contributed by atoms with van der Waals surface area (Å²) >= 11 is 0. The van der Waals surface area contributed by atoms with Crippen molar-refractivity contribution in [3.05, 3.63) is 114 Å². The first-order chi connectivity index (χ1) is 15.2. The number of esters is 1. The van der Waals surface area contributed by atoms with E-state index < -0.39 is 0 Å². The van der Waals surface area contributed by atoms with Gasteiger partial charge in [-0.15, -0.1) is 0 Å². The van der Waals surface area contributed by atoms with Crippen LogP contribution in [0.4, 0.5) is 0 Å². The summed E-state index contributed by atoms with van der Waals surface area (Å²) in [5, 5.41) is 0. The summed E-state index contributed by atoms with van der Waals surface area (Å²) in [6.45, 7) is 4.36. The molecular formula is C29H26O2. The molecule has 2 nitrogen and oxygen atoms in total. The second-order valence-corrected chi connectivity index (χ2v) is 7.74. The summed E-state index contributed by atoms with van der Waals surface area (Å²) in [4.78, 5) is 13.1. The topological polar surface area (TPSA) is 26.3 Å². The molecule has 0 fully saturated rings. The Kier molecular flexibility index (Phi) is 6.28. The predicted molar refractivity (Wildman–Crippen MR) is 127 cm³/mol. The Balaban J connectivity index is 1.74. The molecule has 4 aromatic carbocycles. The van der Waals surface area contributed by atoms with Gasteiger partial charge in [-0.1, -0.05) is 105 Å². The summed E-state index contributed by atoms with van der Waals surface area (Å²) in [7, 11) is 0. The Morgan fingerprint density at radius 1 is 0.710 bits per heavy atom. The highest BCUT2D eigenvalue weighted by atomic mass is 16.5. The zero-order chi connectivity index (χ0) is 21.6. The number of carbonyl (C=O) groups excluding carboxylic acids is 1. The number of para-hydroxylation sites is 1. The lowest BCUT2D eigenvalue weighted by molar-refractivity contribution is 0.0736. The van der Waals surface area contributed by atoms with Gasteiger partial charge in [0.1, 0.15) is 5.75 Å². The van der Waals surface area contributed by atoms with E-state index in [1.807, 2.05) is 103 Å². The SMILES string of the molecule is CCC(C)c1ccc(C(=O)Oc2c(-c3ccccc3)cccc2-c2ccccc2)cc1. The molecular weight excluding hydrogens is 380 g/mol. The Labute approximate surface area is 184 Å². The molecule has 1 atom stereocenters. The summed E-state index contributed by atoms with van der Waals surface area (Å²) in [5.41, 5.74) is 5.59. The van der Waals surface area contributed by atoms with Crippen molar-refractivity contribution in [2.45, 2.75) is 26.2 Å². The first-order valence-corrected chi connectivity index (χ1v) is 10.7. The maximum absolute atomic E-state index is 13.1. The molecule has 0 spiro atoms. The van der Waals surface area contributed by atoms with E-state index in [1.165, 1.54) is 5.56 Å². The minimum Gasteiger partial charge on any atom is -0.422 e. The average molecular weight is 407 g/mol. The molecule has 1 unspecified atom stereocenters. The van der Waals surface area contributed by atoms with Crippen LogP contribution in [0.5, 0.6) is 5.75 Å². The summed E-state index contributed by atoms with van der Waals surface area (Å²) in [6.07, 6.45) is 1.06. The monoisotopic (exact) mass is 406 g/mol. The van der Waals surface area contributed by atoms with Crippen molar-refractivity contribution in [2.75, 3.05) is 0 Å². The van der Waals surface area contributed by atoms with Crippen molar-refractivity contribution in [3.8, 4) is 28.0 Å². The largest absolute Gasteiger partial charge is 0.422 e. The smallest absolute Gasteiger partial charge is 0.343 e. The van der Waals surface area contributed by atoms with E-state index in [4.69, 9.17) is 4.74 Å². The van der Waals surface area contributed by atoms with Crippen LogP contribution in [0.3, 0.4) is 0 Å². The Hall–Kier alpha value is -3.65. The van der Waals surface area contributed by atoms with Gasteiger partial charge in [-0.05, 0) is 41.2 Å². The van der Waals surface area contributed by atoms with Crippen molar-refractivity contribution >= 4 is 5.97 Å². The molecule has 0 aliphatic carbocycles. The molecule has 0 bridgehead atoms. The van der Waals surface area contributed by atoms with E-state index in [1.54, 1.807) is 0 Å². The molecule has 4 rings (SSSR count). The van der Waals surface area contributed by atoms with Crippen molar-refractivity contribution in [1.82, 2.24) is 0 Å². The first-order valence-electron chi connectivity index (χ1n) is 10.7. The summed E-state index contributed by atoms with van der Waals surface area (Å²) < 4.78 is 6.06. The van der Waals surface area contributed by atoms with Crippen LogP contribution in [0.25, 0.3) is 22.3 Å². The van der Waals surface area contributed by atoms with Crippen molar-refractivity contribution in [3.63, 3.8) is 0 Å². The van der Waals surface area contributed by atoms with Crippen LogP contribution in [0.15, 0.2) is 103 Å². The van der Waals surface area contributed by atoms with Gasteiger partial charge in [0.2, 0.25) is 0 Å². The fraction of sp³-hybridized carbons (Fsp3) is 0.138. The number of carbonyl (C=O) groups is 1. The zero-order valence-electron chi connectivity index (χ0n) is 17.9. The molecule has 2 heteroatoms. The van der Waals surface area contributed by atoms with Gasteiger partial charge >= 0.3 is 5.97 Å². The van der Waals surface area contributed by atoms with Gasteiger partial charge in [-0.3, -0.25) is 0 Å².